The van der Waals surface area contributed by atoms with Gasteiger partial charge < -0.3 is 15.0 Å². The number of thioether (sulfide) groups is 1. The largest absolute Gasteiger partial charge is 0.379 e. The van der Waals surface area contributed by atoms with Gasteiger partial charge >= 0.3 is 0 Å². The zero-order valence-corrected chi connectivity index (χ0v) is 16.3. The average molecular weight is 367 g/mol. The number of nitrogens with one attached hydrogen (secondary N) is 1. The highest BCUT2D eigenvalue weighted by Gasteiger charge is 2.29. The lowest BCUT2D eigenvalue weighted by molar-refractivity contribution is 0.116. The smallest absolute Gasteiger partial charge is 0.0704 e. The van der Waals surface area contributed by atoms with Crippen molar-refractivity contribution in [3.63, 3.8) is 0 Å². The van der Waals surface area contributed by atoms with Crippen molar-refractivity contribution in [3.05, 3.63) is 80.8 Å². The quantitative estimate of drug-likeness (QED) is 0.716. The van der Waals surface area contributed by atoms with Gasteiger partial charge in [-0.2, -0.15) is 0 Å². The van der Waals surface area contributed by atoms with Crippen molar-refractivity contribution < 1.29 is 4.74 Å². The fraction of sp³-hybridized carbons (Fsp3) is 0.364. The molecule has 0 radical (unpaired) electrons. The van der Waals surface area contributed by atoms with Gasteiger partial charge in [0.25, 0.3) is 0 Å². The Labute approximate surface area is 160 Å². The molecule has 4 aliphatic rings. The van der Waals surface area contributed by atoms with Crippen molar-refractivity contribution >= 4 is 11.8 Å². The summed E-state index contributed by atoms with van der Waals surface area (Å²) in [7, 11) is 4.20. The van der Waals surface area contributed by atoms with Crippen molar-refractivity contribution in [1.82, 2.24) is 10.2 Å². The van der Waals surface area contributed by atoms with Crippen LogP contribution in [0.15, 0.2) is 80.8 Å². The molecule has 26 heavy (non-hydrogen) atoms. The standard InChI is InChI=1S/C22H26N2OS/c1-24(2)11-5-12-25-15-18-10-9-16-6-3-8-19-20(21(16)23-18)14-17-7-4-13-26-22(17)19/h3-4,6-10,13,18,23H,5,11-12,14-15H2,1-2H3. The first kappa shape index (κ1) is 17.7. The molecule has 0 aromatic heterocycles. The Morgan fingerprint density at radius 3 is 3.04 bits per heavy atom. The van der Waals surface area contributed by atoms with E-state index >= 15 is 0 Å². The van der Waals surface area contributed by atoms with Crippen LogP contribution in [0.1, 0.15) is 12.8 Å². The second kappa shape index (κ2) is 7.87. The molecule has 4 rings (SSSR count). The minimum atomic E-state index is 0.237. The summed E-state index contributed by atoms with van der Waals surface area (Å²) in [6, 6.07) is 0.237. The highest BCUT2D eigenvalue weighted by atomic mass is 32.2. The molecular weight excluding hydrogens is 340 g/mol. The van der Waals surface area contributed by atoms with E-state index in [1.165, 1.54) is 32.9 Å². The Balaban J connectivity index is 1.48. The Bertz CT molecular complexity index is 793. The van der Waals surface area contributed by atoms with E-state index in [-0.39, 0.29) is 6.04 Å². The Hall–Kier alpha value is -1.75. The van der Waals surface area contributed by atoms with Gasteiger partial charge in [-0.05, 0) is 54.8 Å². The van der Waals surface area contributed by atoms with Gasteiger partial charge in [0, 0.05) is 23.6 Å². The maximum atomic E-state index is 5.90. The zero-order valence-electron chi connectivity index (χ0n) is 15.5. The van der Waals surface area contributed by atoms with Crippen molar-refractivity contribution in [1.29, 1.82) is 0 Å². The van der Waals surface area contributed by atoms with Gasteiger partial charge in [0.05, 0.1) is 12.6 Å². The molecule has 0 amide bonds. The van der Waals surface area contributed by atoms with E-state index in [0.717, 1.165) is 26.0 Å². The maximum Gasteiger partial charge on any atom is 0.0704 e. The van der Waals surface area contributed by atoms with Crippen LogP contribution in [0.3, 0.4) is 0 Å². The van der Waals surface area contributed by atoms with Gasteiger partial charge in [0.1, 0.15) is 0 Å². The first-order valence-corrected chi connectivity index (χ1v) is 10.2. The van der Waals surface area contributed by atoms with Crippen LogP contribution in [-0.2, 0) is 4.74 Å². The number of hydrogen-bond acceptors (Lipinski definition) is 4. The first-order valence-electron chi connectivity index (χ1n) is 9.29. The van der Waals surface area contributed by atoms with Crippen LogP contribution < -0.4 is 5.32 Å². The molecule has 2 aliphatic heterocycles. The third-order valence-corrected chi connectivity index (χ3v) is 5.96. The molecule has 1 unspecified atom stereocenters. The van der Waals surface area contributed by atoms with Crippen molar-refractivity contribution in [2.75, 3.05) is 33.9 Å². The molecular formula is C22H26N2OS. The van der Waals surface area contributed by atoms with E-state index in [0.29, 0.717) is 6.61 Å². The molecule has 2 heterocycles. The lowest BCUT2D eigenvalue weighted by atomic mass is 9.98. The van der Waals surface area contributed by atoms with Crippen LogP contribution >= 0.6 is 11.8 Å². The minimum absolute atomic E-state index is 0.237. The van der Waals surface area contributed by atoms with Crippen LogP contribution in [-0.4, -0.2) is 44.8 Å². The summed E-state index contributed by atoms with van der Waals surface area (Å²) in [5.74, 6) is 0. The minimum Gasteiger partial charge on any atom is -0.379 e. The molecule has 0 saturated heterocycles. The predicted molar refractivity (Wildman–Crippen MR) is 111 cm³/mol. The summed E-state index contributed by atoms with van der Waals surface area (Å²) in [6.07, 6.45) is 17.6. The van der Waals surface area contributed by atoms with Gasteiger partial charge in [-0.25, -0.2) is 0 Å². The number of hydrogen-bond donors (Lipinski definition) is 1. The van der Waals surface area contributed by atoms with Crippen molar-refractivity contribution in [2.24, 2.45) is 0 Å². The topological polar surface area (TPSA) is 24.5 Å². The summed E-state index contributed by atoms with van der Waals surface area (Å²) in [5.41, 5.74) is 6.78. The third kappa shape index (κ3) is 3.68. The van der Waals surface area contributed by atoms with Gasteiger partial charge in [0.2, 0.25) is 0 Å². The molecule has 2 aliphatic carbocycles. The van der Waals surface area contributed by atoms with E-state index < -0.39 is 0 Å². The lowest BCUT2D eigenvalue weighted by Crippen LogP contribution is -2.35. The van der Waals surface area contributed by atoms with Crippen molar-refractivity contribution in [3.8, 4) is 0 Å². The van der Waals surface area contributed by atoms with E-state index in [4.69, 9.17) is 4.74 Å². The molecule has 0 saturated carbocycles. The normalized spacial score (nSPS) is 23.4. The van der Waals surface area contributed by atoms with E-state index in [9.17, 15) is 0 Å². The molecule has 1 N–H and O–H groups in total. The van der Waals surface area contributed by atoms with Gasteiger partial charge in [-0.1, -0.05) is 54.3 Å². The maximum absolute atomic E-state index is 5.90. The van der Waals surface area contributed by atoms with Crippen LogP contribution in [0, 0.1) is 0 Å². The Morgan fingerprint density at radius 1 is 1.23 bits per heavy atom. The molecule has 4 heteroatoms. The van der Waals surface area contributed by atoms with E-state index in [1.807, 2.05) is 11.8 Å². The van der Waals surface area contributed by atoms with Gasteiger partial charge in [-0.15, -0.1) is 0 Å². The third-order valence-electron chi connectivity index (χ3n) is 4.95. The monoisotopic (exact) mass is 366 g/mol. The summed E-state index contributed by atoms with van der Waals surface area (Å²) >= 11 is 1.84. The number of allylic oxidation sites excluding steroid dienone is 9. The van der Waals surface area contributed by atoms with E-state index in [1.54, 1.807) is 0 Å². The van der Waals surface area contributed by atoms with Crippen LogP contribution in [0.25, 0.3) is 0 Å². The summed E-state index contributed by atoms with van der Waals surface area (Å²) in [5, 5.41) is 5.91. The van der Waals surface area contributed by atoms with Gasteiger partial charge in [-0.3, -0.25) is 0 Å². The molecule has 3 nitrogen and oxygen atoms in total. The fourth-order valence-electron chi connectivity index (χ4n) is 3.67. The summed E-state index contributed by atoms with van der Waals surface area (Å²) in [6.45, 7) is 2.59. The van der Waals surface area contributed by atoms with Gasteiger partial charge in [0.15, 0.2) is 0 Å². The highest BCUT2D eigenvalue weighted by molar-refractivity contribution is 8.06. The fourth-order valence-corrected chi connectivity index (χ4v) is 4.57. The molecule has 0 aromatic rings. The van der Waals surface area contributed by atoms with E-state index in [2.05, 4.69) is 72.3 Å². The molecule has 136 valence electrons. The number of fused-ring (bicyclic) bond motifs is 3. The lowest BCUT2D eigenvalue weighted by Gasteiger charge is -2.26. The number of rotatable bonds is 6. The Morgan fingerprint density at radius 2 is 2.15 bits per heavy atom. The molecule has 0 aromatic carbocycles. The summed E-state index contributed by atoms with van der Waals surface area (Å²) in [4.78, 5) is 3.61. The van der Waals surface area contributed by atoms with Crippen LogP contribution in [0.4, 0.5) is 0 Å². The predicted octanol–water partition coefficient (Wildman–Crippen LogP) is 4.08. The Kier molecular flexibility index (Phi) is 5.34. The number of ether oxygens (including phenoxy) is 1. The van der Waals surface area contributed by atoms with Crippen LogP contribution in [0.2, 0.25) is 0 Å². The summed E-state index contributed by atoms with van der Waals surface area (Å²) < 4.78 is 5.90. The van der Waals surface area contributed by atoms with Crippen LogP contribution in [0.5, 0.6) is 0 Å². The van der Waals surface area contributed by atoms with Crippen molar-refractivity contribution in [2.45, 2.75) is 18.9 Å². The second-order valence-corrected chi connectivity index (χ2v) is 8.15. The second-order valence-electron chi connectivity index (χ2n) is 7.23. The zero-order chi connectivity index (χ0) is 17.9. The first-order chi connectivity index (χ1) is 12.7. The average Bonchev–Trinajstić information content (AvgIpc) is 2.91. The molecule has 0 spiro atoms. The molecule has 0 bridgehead atoms. The molecule has 1 atom stereocenters. The molecule has 0 fully saturated rings. The SMILES string of the molecule is CN(C)CCCOCC1C=CC2=CC=CC3=C4SC=CC=C4CC3=C2N1. The number of nitrogens with zero attached hydrogens (tertiary/aromatic N) is 1. The highest BCUT2D eigenvalue weighted by Crippen LogP contribution is 2.47.